The molecule has 0 aliphatic carbocycles. The largest absolute Gasteiger partial charge is 0.378 e. The molecule has 2 aromatic carbocycles. The number of nitrogens with zero attached hydrogens (tertiary/aromatic N) is 4. The monoisotopic (exact) mass is 506 g/mol. The average Bonchev–Trinajstić information content (AvgIpc) is 3.54. The smallest absolute Gasteiger partial charge is 0.274 e. The molecule has 6 nitrogen and oxygen atoms in total. The van der Waals surface area contributed by atoms with Crippen LogP contribution in [0.4, 0.5) is 0 Å². The first-order chi connectivity index (χ1) is 17.2. The predicted octanol–water partition coefficient (Wildman–Crippen LogP) is 4.55. The van der Waals surface area contributed by atoms with Crippen molar-refractivity contribution in [1.82, 2.24) is 19.6 Å². The maximum absolute atomic E-state index is 13.5. The van der Waals surface area contributed by atoms with Crippen molar-refractivity contribution in [2.45, 2.75) is 28.9 Å². The van der Waals surface area contributed by atoms with Gasteiger partial charge in [-0.25, -0.2) is 4.68 Å². The molecular weight excluding hydrogens is 476 g/mol. The molecular formula is C27H30N4O2S2. The minimum absolute atomic E-state index is 0.0114. The van der Waals surface area contributed by atoms with Crippen LogP contribution in [0.3, 0.4) is 0 Å². The van der Waals surface area contributed by atoms with Gasteiger partial charge in [-0.05, 0) is 43.0 Å². The van der Waals surface area contributed by atoms with Gasteiger partial charge < -0.3 is 9.64 Å². The number of fused-ring (bicyclic) bond motifs is 3. The summed E-state index contributed by atoms with van der Waals surface area (Å²) in [5.74, 6) is 0.763. The summed E-state index contributed by atoms with van der Waals surface area (Å²) >= 11 is 3.76. The third kappa shape index (κ3) is 4.53. The second-order valence-electron chi connectivity index (χ2n) is 9.32. The van der Waals surface area contributed by atoms with Crippen LogP contribution in [0.5, 0.6) is 0 Å². The summed E-state index contributed by atoms with van der Waals surface area (Å²) in [4.78, 5) is 19.2. The first kappa shape index (κ1) is 23.2. The number of morpholine rings is 1. The Kier molecular flexibility index (Phi) is 6.62. The fourth-order valence-electron chi connectivity index (χ4n) is 5.21. The Morgan fingerprint density at radius 3 is 2.69 bits per heavy atom. The summed E-state index contributed by atoms with van der Waals surface area (Å²) in [6.45, 7) is 5.72. The highest BCUT2D eigenvalue weighted by Gasteiger charge is 2.32. The van der Waals surface area contributed by atoms with Crippen LogP contribution in [0.2, 0.25) is 0 Å². The van der Waals surface area contributed by atoms with E-state index in [1.807, 2.05) is 21.3 Å². The van der Waals surface area contributed by atoms with Crippen molar-refractivity contribution in [2.24, 2.45) is 0 Å². The van der Waals surface area contributed by atoms with E-state index in [0.29, 0.717) is 32.0 Å². The van der Waals surface area contributed by atoms with E-state index in [1.54, 1.807) is 11.8 Å². The second kappa shape index (κ2) is 10.0. The first-order valence-electron chi connectivity index (χ1n) is 12.3. The molecule has 0 spiro atoms. The highest BCUT2D eigenvalue weighted by Crippen LogP contribution is 2.43. The molecule has 0 N–H and O–H groups in total. The summed E-state index contributed by atoms with van der Waals surface area (Å²) in [6, 6.07) is 17.2. The number of amides is 1. The third-order valence-electron chi connectivity index (χ3n) is 7.15. The molecule has 3 aliphatic rings. The number of hydrogen-bond acceptors (Lipinski definition) is 6. The maximum atomic E-state index is 13.5. The van der Waals surface area contributed by atoms with Gasteiger partial charge in [-0.15, -0.1) is 11.8 Å². The number of hydrogen-bond donors (Lipinski definition) is 0. The van der Waals surface area contributed by atoms with Crippen molar-refractivity contribution in [1.29, 1.82) is 0 Å². The third-order valence-corrected chi connectivity index (χ3v) is 9.30. The van der Waals surface area contributed by atoms with E-state index in [9.17, 15) is 4.79 Å². The molecule has 0 radical (unpaired) electrons. The molecule has 6 rings (SSSR count). The maximum Gasteiger partial charge on any atom is 0.274 e. The Morgan fingerprint density at radius 1 is 1.11 bits per heavy atom. The summed E-state index contributed by atoms with van der Waals surface area (Å²) in [7, 11) is 0. The number of benzene rings is 2. The fraction of sp³-hybridized carbons (Fsp3) is 0.407. The summed E-state index contributed by atoms with van der Waals surface area (Å²) in [5, 5.41) is 5.70. The molecule has 4 heterocycles. The number of carbonyl (C=O) groups is 1. The van der Waals surface area contributed by atoms with Gasteiger partial charge in [0.1, 0.15) is 0 Å². The lowest BCUT2D eigenvalue weighted by atomic mass is 10.0. The lowest BCUT2D eigenvalue weighted by molar-refractivity contribution is 0.0298. The van der Waals surface area contributed by atoms with Gasteiger partial charge in [0.15, 0.2) is 5.69 Å². The molecule has 0 bridgehead atoms. The molecule has 8 heteroatoms. The zero-order valence-corrected chi connectivity index (χ0v) is 21.6. The Labute approximate surface area is 215 Å². The van der Waals surface area contributed by atoms with Gasteiger partial charge in [-0.2, -0.15) is 16.9 Å². The van der Waals surface area contributed by atoms with E-state index >= 15 is 0 Å². The zero-order chi connectivity index (χ0) is 23.8. The Balaban J connectivity index is 1.35. The second-order valence-corrected chi connectivity index (χ2v) is 11.5. The molecule has 2 saturated heterocycles. The molecule has 2 fully saturated rings. The molecule has 1 amide bonds. The molecule has 1 unspecified atom stereocenters. The molecule has 1 atom stereocenters. The van der Waals surface area contributed by atoms with E-state index in [-0.39, 0.29) is 5.91 Å². The van der Waals surface area contributed by atoms with Gasteiger partial charge in [-0.3, -0.25) is 9.69 Å². The molecule has 35 heavy (non-hydrogen) atoms. The number of carbonyl (C=O) groups excluding carboxylic acids is 1. The van der Waals surface area contributed by atoms with Gasteiger partial charge in [0.2, 0.25) is 0 Å². The lowest BCUT2D eigenvalue weighted by Gasteiger charge is -2.26. The molecule has 1 aromatic heterocycles. The fourth-order valence-corrected chi connectivity index (χ4v) is 6.98. The average molecular weight is 507 g/mol. The minimum Gasteiger partial charge on any atom is -0.378 e. The van der Waals surface area contributed by atoms with E-state index in [4.69, 9.17) is 9.84 Å². The Bertz CT molecular complexity index is 1220. The first-order valence-corrected chi connectivity index (χ1v) is 14.5. The van der Waals surface area contributed by atoms with Crippen LogP contribution in [0.25, 0.3) is 16.9 Å². The van der Waals surface area contributed by atoms with Gasteiger partial charge in [0, 0.05) is 53.2 Å². The summed E-state index contributed by atoms with van der Waals surface area (Å²) in [6.07, 6.45) is 3.48. The number of ether oxygens (including phenoxy) is 1. The minimum atomic E-state index is 0.0114. The topological polar surface area (TPSA) is 50.6 Å². The van der Waals surface area contributed by atoms with Crippen LogP contribution in [0.1, 0.15) is 28.0 Å². The van der Waals surface area contributed by atoms with Crippen molar-refractivity contribution in [3.8, 4) is 16.9 Å². The summed E-state index contributed by atoms with van der Waals surface area (Å²) < 4.78 is 7.45. The van der Waals surface area contributed by atoms with Gasteiger partial charge in [0.25, 0.3) is 5.91 Å². The number of rotatable bonds is 5. The van der Waals surface area contributed by atoms with Crippen LogP contribution >= 0.6 is 23.5 Å². The van der Waals surface area contributed by atoms with Crippen molar-refractivity contribution in [2.75, 3.05) is 45.6 Å². The Morgan fingerprint density at radius 2 is 1.91 bits per heavy atom. The molecule has 182 valence electrons. The van der Waals surface area contributed by atoms with Crippen LogP contribution in [-0.4, -0.2) is 76.4 Å². The predicted molar refractivity (Wildman–Crippen MR) is 142 cm³/mol. The normalized spacial score (nSPS) is 20.0. The number of aromatic nitrogens is 2. The van der Waals surface area contributed by atoms with E-state index < -0.39 is 0 Å². The quantitative estimate of drug-likeness (QED) is 0.506. The highest BCUT2D eigenvalue weighted by molar-refractivity contribution is 7.99. The van der Waals surface area contributed by atoms with Crippen LogP contribution in [0, 0.1) is 0 Å². The standard InChI is InChI=1S/C27H30N4O2S2/c1-34-21-10-11-29(17-21)16-19-6-8-20(9-7-19)31-26-22-4-2-3-5-24(22)35-18-23(26)25(28-31)27(32)30-12-14-33-15-13-30/h2-9,21H,10-18H2,1H3. The van der Waals surface area contributed by atoms with Crippen molar-refractivity contribution >= 4 is 29.4 Å². The number of likely N-dealkylation sites (tertiary alicyclic amines) is 1. The SMILES string of the molecule is CSC1CCN(Cc2ccc(-n3nc(C(=O)N4CCOCC4)c4c3-c3ccccc3SC4)cc2)C1. The molecule has 0 saturated carbocycles. The zero-order valence-electron chi connectivity index (χ0n) is 20.0. The molecule has 3 aromatic rings. The van der Waals surface area contributed by atoms with Crippen LogP contribution < -0.4 is 0 Å². The van der Waals surface area contributed by atoms with Crippen molar-refractivity contribution < 1.29 is 9.53 Å². The van der Waals surface area contributed by atoms with Gasteiger partial charge in [0.05, 0.1) is 24.6 Å². The molecule has 3 aliphatic heterocycles. The van der Waals surface area contributed by atoms with Crippen molar-refractivity contribution in [3.63, 3.8) is 0 Å². The van der Waals surface area contributed by atoms with E-state index in [0.717, 1.165) is 46.6 Å². The summed E-state index contributed by atoms with van der Waals surface area (Å²) in [5.41, 5.74) is 6.12. The number of thioether (sulfide) groups is 2. The van der Waals surface area contributed by atoms with Crippen LogP contribution in [-0.2, 0) is 17.0 Å². The Hall–Kier alpha value is -2.26. The van der Waals surface area contributed by atoms with Gasteiger partial charge in [-0.1, -0.05) is 30.3 Å². The van der Waals surface area contributed by atoms with E-state index in [2.05, 4.69) is 59.7 Å². The van der Waals surface area contributed by atoms with Crippen molar-refractivity contribution in [3.05, 3.63) is 65.4 Å². The van der Waals surface area contributed by atoms with Crippen LogP contribution in [0.15, 0.2) is 53.4 Å². The highest BCUT2D eigenvalue weighted by atomic mass is 32.2. The van der Waals surface area contributed by atoms with Gasteiger partial charge >= 0.3 is 0 Å². The van der Waals surface area contributed by atoms with E-state index in [1.165, 1.54) is 23.4 Å². The lowest BCUT2D eigenvalue weighted by Crippen LogP contribution is -2.41.